The van der Waals surface area contributed by atoms with Crippen LogP contribution in [0, 0.1) is 6.92 Å². The van der Waals surface area contributed by atoms with E-state index >= 15 is 0 Å². The standard InChI is InChI=1S/C18H23N3O4S/c1-13-4-9-16(12-17(13)18(22)20-11-10-19-2)26(23,24)21-14-5-7-15(25-3)8-6-14/h4-9,12,19,21H,10-11H2,1-3H3,(H,20,22). The van der Waals surface area contributed by atoms with E-state index in [0.717, 1.165) is 0 Å². The molecule has 8 heteroatoms. The van der Waals surface area contributed by atoms with Crippen LogP contribution in [0.2, 0.25) is 0 Å². The Hall–Kier alpha value is -2.58. The lowest BCUT2D eigenvalue weighted by Gasteiger charge is -2.12. The van der Waals surface area contributed by atoms with E-state index in [-0.39, 0.29) is 10.8 Å². The first kappa shape index (κ1) is 19.7. The number of anilines is 1. The maximum atomic E-state index is 12.6. The molecule has 0 atom stereocenters. The van der Waals surface area contributed by atoms with Crippen molar-refractivity contribution >= 4 is 21.6 Å². The zero-order valence-corrected chi connectivity index (χ0v) is 15.8. The summed E-state index contributed by atoms with van der Waals surface area (Å²) in [6.07, 6.45) is 0. The zero-order valence-electron chi connectivity index (χ0n) is 15.0. The topological polar surface area (TPSA) is 96.5 Å². The second kappa shape index (κ2) is 8.68. The fourth-order valence-electron chi connectivity index (χ4n) is 2.28. The number of ether oxygens (including phenoxy) is 1. The molecular formula is C18H23N3O4S. The summed E-state index contributed by atoms with van der Waals surface area (Å²) in [7, 11) is -0.491. The quantitative estimate of drug-likeness (QED) is 0.609. The van der Waals surface area contributed by atoms with Crippen LogP contribution in [-0.2, 0) is 10.0 Å². The molecule has 0 spiro atoms. The van der Waals surface area contributed by atoms with Gasteiger partial charge in [0, 0.05) is 24.3 Å². The Balaban J connectivity index is 2.23. The number of hydrogen-bond acceptors (Lipinski definition) is 5. The molecule has 7 nitrogen and oxygen atoms in total. The van der Waals surface area contributed by atoms with Gasteiger partial charge in [-0.1, -0.05) is 6.07 Å². The third kappa shape index (κ3) is 4.96. The second-order valence-electron chi connectivity index (χ2n) is 5.67. The lowest BCUT2D eigenvalue weighted by Crippen LogP contribution is -2.31. The van der Waals surface area contributed by atoms with E-state index in [1.54, 1.807) is 44.3 Å². The summed E-state index contributed by atoms with van der Waals surface area (Å²) < 4.78 is 32.8. The van der Waals surface area contributed by atoms with Crippen molar-refractivity contribution in [2.45, 2.75) is 11.8 Å². The molecule has 2 rings (SSSR count). The van der Waals surface area contributed by atoms with Gasteiger partial charge in [0.25, 0.3) is 15.9 Å². The number of sulfonamides is 1. The van der Waals surface area contributed by atoms with Gasteiger partial charge in [0.15, 0.2) is 0 Å². The van der Waals surface area contributed by atoms with Crippen LogP contribution in [0.25, 0.3) is 0 Å². The highest BCUT2D eigenvalue weighted by atomic mass is 32.2. The summed E-state index contributed by atoms with van der Waals surface area (Å²) in [5, 5.41) is 5.68. The highest BCUT2D eigenvalue weighted by Crippen LogP contribution is 2.21. The predicted octanol–water partition coefficient (Wildman–Crippen LogP) is 1.75. The minimum absolute atomic E-state index is 0.0256. The minimum Gasteiger partial charge on any atom is -0.497 e. The van der Waals surface area contributed by atoms with Gasteiger partial charge in [-0.2, -0.15) is 0 Å². The molecule has 26 heavy (non-hydrogen) atoms. The van der Waals surface area contributed by atoms with Crippen molar-refractivity contribution in [2.24, 2.45) is 0 Å². The van der Waals surface area contributed by atoms with Crippen LogP contribution >= 0.6 is 0 Å². The lowest BCUT2D eigenvalue weighted by atomic mass is 10.1. The molecule has 2 aromatic carbocycles. The Kier molecular flexibility index (Phi) is 6.59. The number of carbonyl (C=O) groups is 1. The van der Waals surface area contributed by atoms with Gasteiger partial charge >= 0.3 is 0 Å². The Bertz CT molecular complexity index is 865. The van der Waals surface area contributed by atoms with Crippen molar-refractivity contribution in [1.29, 1.82) is 0 Å². The van der Waals surface area contributed by atoms with Gasteiger partial charge < -0.3 is 15.4 Å². The Morgan fingerprint density at radius 1 is 1.08 bits per heavy atom. The monoisotopic (exact) mass is 377 g/mol. The van der Waals surface area contributed by atoms with Crippen molar-refractivity contribution in [3.8, 4) is 5.75 Å². The first-order chi connectivity index (χ1) is 12.4. The molecule has 0 saturated heterocycles. The molecule has 1 amide bonds. The van der Waals surface area contributed by atoms with Crippen LogP contribution in [0.3, 0.4) is 0 Å². The van der Waals surface area contributed by atoms with Crippen LogP contribution < -0.4 is 20.1 Å². The zero-order chi connectivity index (χ0) is 19.2. The number of rotatable bonds is 8. The Morgan fingerprint density at radius 2 is 1.77 bits per heavy atom. The number of benzene rings is 2. The molecule has 0 fully saturated rings. The van der Waals surface area contributed by atoms with Crippen LogP contribution in [0.15, 0.2) is 47.4 Å². The summed E-state index contributed by atoms with van der Waals surface area (Å²) in [4.78, 5) is 12.3. The molecule has 3 N–H and O–H groups in total. The fraction of sp³-hybridized carbons (Fsp3) is 0.278. The fourth-order valence-corrected chi connectivity index (χ4v) is 3.37. The number of likely N-dealkylation sites (N-methyl/N-ethyl adjacent to an activating group) is 1. The lowest BCUT2D eigenvalue weighted by molar-refractivity contribution is 0.0953. The SMILES string of the molecule is CNCCNC(=O)c1cc(S(=O)(=O)Nc2ccc(OC)cc2)ccc1C. The molecule has 140 valence electrons. The molecule has 0 aliphatic rings. The molecule has 0 aliphatic carbocycles. The normalized spacial score (nSPS) is 11.0. The minimum atomic E-state index is -3.81. The van der Waals surface area contributed by atoms with Gasteiger partial charge in [-0.25, -0.2) is 8.42 Å². The molecule has 0 radical (unpaired) electrons. The van der Waals surface area contributed by atoms with Gasteiger partial charge in [0.05, 0.1) is 12.0 Å². The van der Waals surface area contributed by atoms with E-state index in [1.807, 2.05) is 0 Å². The van der Waals surface area contributed by atoms with Crippen LogP contribution in [0.5, 0.6) is 5.75 Å². The van der Waals surface area contributed by atoms with E-state index in [4.69, 9.17) is 4.74 Å². The van der Waals surface area contributed by atoms with Crippen LogP contribution in [0.1, 0.15) is 15.9 Å². The van der Waals surface area contributed by atoms with Gasteiger partial charge in [-0.15, -0.1) is 0 Å². The van der Waals surface area contributed by atoms with Crippen molar-refractivity contribution in [3.63, 3.8) is 0 Å². The summed E-state index contributed by atoms with van der Waals surface area (Å²) in [5.74, 6) is 0.322. The van der Waals surface area contributed by atoms with Gasteiger partial charge in [0.2, 0.25) is 0 Å². The van der Waals surface area contributed by atoms with E-state index in [2.05, 4.69) is 15.4 Å². The number of carbonyl (C=O) groups excluding carboxylic acids is 1. The third-order valence-corrected chi connectivity index (χ3v) is 5.15. The Labute approximate surface area is 153 Å². The highest BCUT2D eigenvalue weighted by Gasteiger charge is 2.18. The second-order valence-corrected chi connectivity index (χ2v) is 7.35. The maximum absolute atomic E-state index is 12.6. The van der Waals surface area contributed by atoms with Crippen molar-refractivity contribution in [2.75, 3.05) is 32.0 Å². The van der Waals surface area contributed by atoms with Crippen molar-refractivity contribution in [1.82, 2.24) is 10.6 Å². The Morgan fingerprint density at radius 3 is 2.38 bits per heavy atom. The van der Waals surface area contributed by atoms with E-state index in [9.17, 15) is 13.2 Å². The molecule has 0 aliphatic heterocycles. The largest absolute Gasteiger partial charge is 0.497 e. The van der Waals surface area contributed by atoms with Gasteiger partial charge in [-0.3, -0.25) is 9.52 Å². The molecule has 0 unspecified atom stereocenters. The smallest absolute Gasteiger partial charge is 0.261 e. The van der Waals surface area contributed by atoms with Crippen LogP contribution in [-0.4, -0.2) is 41.6 Å². The molecule has 0 heterocycles. The number of nitrogens with one attached hydrogen (secondary N) is 3. The van der Waals surface area contributed by atoms with E-state index in [1.165, 1.54) is 19.2 Å². The number of amides is 1. The van der Waals surface area contributed by atoms with Gasteiger partial charge in [-0.05, 0) is 55.9 Å². The number of aryl methyl sites for hydroxylation is 1. The predicted molar refractivity (Wildman–Crippen MR) is 101 cm³/mol. The number of methoxy groups -OCH3 is 1. The highest BCUT2D eigenvalue weighted by molar-refractivity contribution is 7.92. The van der Waals surface area contributed by atoms with Crippen molar-refractivity contribution in [3.05, 3.63) is 53.6 Å². The average Bonchev–Trinajstić information content (AvgIpc) is 2.62. The number of hydrogen-bond donors (Lipinski definition) is 3. The average molecular weight is 377 g/mol. The molecule has 0 saturated carbocycles. The first-order valence-electron chi connectivity index (χ1n) is 8.07. The summed E-state index contributed by atoms with van der Waals surface area (Å²) in [5.41, 5.74) is 1.44. The molecule has 2 aromatic rings. The summed E-state index contributed by atoms with van der Waals surface area (Å²) in [6, 6.07) is 11.0. The van der Waals surface area contributed by atoms with E-state index < -0.39 is 10.0 Å². The maximum Gasteiger partial charge on any atom is 0.261 e. The molecule has 0 bridgehead atoms. The van der Waals surface area contributed by atoms with Crippen LogP contribution in [0.4, 0.5) is 5.69 Å². The molecular weight excluding hydrogens is 354 g/mol. The van der Waals surface area contributed by atoms with Gasteiger partial charge in [0.1, 0.15) is 5.75 Å². The first-order valence-corrected chi connectivity index (χ1v) is 9.56. The third-order valence-electron chi connectivity index (χ3n) is 3.77. The van der Waals surface area contributed by atoms with E-state index in [0.29, 0.717) is 35.7 Å². The molecule has 0 aromatic heterocycles. The van der Waals surface area contributed by atoms with Crippen molar-refractivity contribution < 1.29 is 17.9 Å². The summed E-state index contributed by atoms with van der Waals surface area (Å²) in [6.45, 7) is 2.85. The summed E-state index contributed by atoms with van der Waals surface area (Å²) >= 11 is 0.